The third kappa shape index (κ3) is 2.89. The third-order valence-corrected chi connectivity index (χ3v) is 4.58. The molecule has 3 heteroatoms. The van der Waals surface area contributed by atoms with E-state index in [4.69, 9.17) is 0 Å². The molecule has 2 rings (SSSR count). The van der Waals surface area contributed by atoms with Gasteiger partial charge < -0.3 is 5.32 Å². The van der Waals surface area contributed by atoms with Crippen LogP contribution < -0.4 is 5.32 Å². The molecule has 1 aromatic carbocycles. The van der Waals surface area contributed by atoms with Crippen molar-refractivity contribution in [3.63, 3.8) is 0 Å². The van der Waals surface area contributed by atoms with E-state index < -0.39 is 0 Å². The van der Waals surface area contributed by atoms with Gasteiger partial charge in [-0.05, 0) is 61.9 Å². The first-order valence-corrected chi connectivity index (χ1v) is 7.02. The lowest BCUT2D eigenvalue weighted by atomic mass is 9.89. The summed E-state index contributed by atoms with van der Waals surface area (Å²) in [6.45, 7) is 2.27. The van der Waals surface area contributed by atoms with Crippen molar-refractivity contribution < 1.29 is 4.39 Å². The van der Waals surface area contributed by atoms with Gasteiger partial charge in [-0.3, -0.25) is 0 Å². The Morgan fingerprint density at radius 3 is 2.82 bits per heavy atom. The average molecular weight is 300 g/mol. The van der Waals surface area contributed by atoms with Gasteiger partial charge in [0, 0.05) is 10.5 Å². The van der Waals surface area contributed by atoms with Gasteiger partial charge in [0.25, 0.3) is 0 Å². The summed E-state index contributed by atoms with van der Waals surface area (Å²) in [5.41, 5.74) is 0.841. The molecular weight excluding hydrogens is 281 g/mol. The fourth-order valence-corrected chi connectivity index (χ4v) is 3.33. The topological polar surface area (TPSA) is 12.0 Å². The highest BCUT2D eigenvalue weighted by Crippen LogP contribution is 2.34. The van der Waals surface area contributed by atoms with Crippen molar-refractivity contribution >= 4 is 15.9 Å². The minimum atomic E-state index is -0.0756. The molecule has 0 spiro atoms. The Morgan fingerprint density at radius 2 is 2.18 bits per heavy atom. The standard InChI is InChI=1S/C14H19BrFN/c1-9-10(3-6-14(9)17-2)7-11-8-12(15)4-5-13(11)16/h4-5,8-10,14,17H,3,6-7H2,1-2H3. The summed E-state index contributed by atoms with van der Waals surface area (Å²) < 4.78 is 14.7. The van der Waals surface area contributed by atoms with Crippen molar-refractivity contribution in [2.45, 2.75) is 32.2 Å². The Balaban J connectivity index is 2.09. The van der Waals surface area contributed by atoms with Crippen molar-refractivity contribution in [1.82, 2.24) is 5.32 Å². The Kier molecular flexibility index (Phi) is 4.21. The Labute approximate surface area is 111 Å². The summed E-state index contributed by atoms with van der Waals surface area (Å²) >= 11 is 3.41. The van der Waals surface area contributed by atoms with Crippen molar-refractivity contribution in [2.24, 2.45) is 11.8 Å². The summed E-state index contributed by atoms with van der Waals surface area (Å²) in [5.74, 6) is 1.14. The second-order valence-electron chi connectivity index (χ2n) is 5.03. The Hall–Kier alpha value is -0.410. The van der Waals surface area contributed by atoms with Crippen LogP contribution in [0.3, 0.4) is 0 Å². The number of hydrogen-bond donors (Lipinski definition) is 1. The van der Waals surface area contributed by atoms with E-state index >= 15 is 0 Å². The molecule has 0 bridgehead atoms. The lowest BCUT2D eigenvalue weighted by molar-refractivity contribution is 0.360. The maximum absolute atomic E-state index is 13.7. The van der Waals surface area contributed by atoms with Gasteiger partial charge in [-0.1, -0.05) is 22.9 Å². The van der Waals surface area contributed by atoms with Crippen LogP contribution in [-0.4, -0.2) is 13.1 Å². The number of rotatable bonds is 3. The second kappa shape index (κ2) is 5.49. The lowest BCUT2D eigenvalue weighted by Crippen LogP contribution is -2.29. The summed E-state index contributed by atoms with van der Waals surface area (Å²) in [6, 6.07) is 5.81. The molecule has 3 atom stereocenters. The molecule has 1 aliphatic rings. The molecule has 1 saturated carbocycles. The Morgan fingerprint density at radius 1 is 1.41 bits per heavy atom. The van der Waals surface area contributed by atoms with Gasteiger partial charge in [-0.15, -0.1) is 0 Å². The van der Waals surface area contributed by atoms with Crippen LogP contribution in [-0.2, 0) is 6.42 Å². The van der Waals surface area contributed by atoms with E-state index in [9.17, 15) is 4.39 Å². The van der Waals surface area contributed by atoms with Crippen LogP contribution in [0, 0.1) is 17.7 Å². The molecule has 1 nitrogen and oxygen atoms in total. The van der Waals surface area contributed by atoms with Crippen molar-refractivity contribution in [3.05, 3.63) is 34.1 Å². The van der Waals surface area contributed by atoms with Crippen molar-refractivity contribution in [3.8, 4) is 0 Å². The van der Waals surface area contributed by atoms with Crippen LogP contribution in [0.15, 0.2) is 22.7 Å². The van der Waals surface area contributed by atoms with Crippen molar-refractivity contribution in [2.75, 3.05) is 7.05 Å². The third-order valence-electron chi connectivity index (χ3n) is 4.09. The van der Waals surface area contributed by atoms with Gasteiger partial charge in [0.1, 0.15) is 5.82 Å². The van der Waals surface area contributed by atoms with Crippen LogP contribution in [0.4, 0.5) is 4.39 Å². The van der Waals surface area contributed by atoms with Crippen LogP contribution in [0.2, 0.25) is 0 Å². The maximum Gasteiger partial charge on any atom is 0.126 e. The van der Waals surface area contributed by atoms with E-state index in [1.54, 1.807) is 12.1 Å². The molecule has 1 fully saturated rings. The summed E-state index contributed by atoms with van der Waals surface area (Å²) in [7, 11) is 2.02. The maximum atomic E-state index is 13.7. The fourth-order valence-electron chi connectivity index (χ4n) is 2.93. The zero-order valence-electron chi connectivity index (χ0n) is 10.3. The summed E-state index contributed by atoms with van der Waals surface area (Å²) in [4.78, 5) is 0. The lowest BCUT2D eigenvalue weighted by Gasteiger charge is -2.20. The first-order chi connectivity index (χ1) is 8.11. The number of halogens is 2. The van der Waals surface area contributed by atoms with Gasteiger partial charge in [-0.25, -0.2) is 4.39 Å². The zero-order chi connectivity index (χ0) is 12.4. The quantitative estimate of drug-likeness (QED) is 0.896. The highest BCUT2D eigenvalue weighted by Gasteiger charge is 2.31. The van der Waals surface area contributed by atoms with Gasteiger partial charge in [-0.2, -0.15) is 0 Å². The minimum Gasteiger partial charge on any atom is -0.317 e. The van der Waals surface area contributed by atoms with E-state index in [0.29, 0.717) is 17.9 Å². The van der Waals surface area contributed by atoms with Gasteiger partial charge in [0.15, 0.2) is 0 Å². The minimum absolute atomic E-state index is 0.0756. The van der Waals surface area contributed by atoms with E-state index in [1.807, 2.05) is 13.1 Å². The largest absolute Gasteiger partial charge is 0.317 e. The molecule has 0 amide bonds. The van der Waals surface area contributed by atoms with Crippen LogP contribution in [0.5, 0.6) is 0 Å². The second-order valence-corrected chi connectivity index (χ2v) is 5.95. The predicted octanol–water partition coefficient (Wildman–Crippen LogP) is 3.76. The molecule has 0 aromatic heterocycles. The molecule has 0 heterocycles. The molecule has 0 aliphatic heterocycles. The van der Waals surface area contributed by atoms with Crippen molar-refractivity contribution in [1.29, 1.82) is 0 Å². The smallest absolute Gasteiger partial charge is 0.126 e. The first kappa shape index (κ1) is 13.0. The van der Waals surface area contributed by atoms with E-state index in [0.717, 1.165) is 16.5 Å². The van der Waals surface area contributed by atoms with Gasteiger partial charge in [0.05, 0.1) is 0 Å². The predicted molar refractivity (Wildman–Crippen MR) is 72.5 cm³/mol. The highest BCUT2D eigenvalue weighted by molar-refractivity contribution is 9.10. The van der Waals surface area contributed by atoms with Gasteiger partial charge in [0.2, 0.25) is 0 Å². The Bertz CT molecular complexity index is 394. The molecule has 1 N–H and O–H groups in total. The molecule has 1 aliphatic carbocycles. The highest BCUT2D eigenvalue weighted by atomic mass is 79.9. The number of hydrogen-bond acceptors (Lipinski definition) is 1. The van der Waals surface area contributed by atoms with E-state index in [2.05, 4.69) is 28.2 Å². The fraction of sp³-hybridized carbons (Fsp3) is 0.571. The molecule has 3 unspecified atom stereocenters. The molecule has 0 radical (unpaired) electrons. The molecule has 94 valence electrons. The SMILES string of the molecule is CNC1CCC(Cc2cc(Br)ccc2F)C1C. The number of nitrogens with one attached hydrogen (secondary N) is 1. The molecular formula is C14H19BrFN. The van der Waals surface area contributed by atoms with E-state index in [1.165, 1.54) is 12.8 Å². The molecule has 0 saturated heterocycles. The average Bonchev–Trinajstić information content (AvgIpc) is 2.65. The van der Waals surface area contributed by atoms with Crippen LogP contribution >= 0.6 is 15.9 Å². The van der Waals surface area contributed by atoms with E-state index in [-0.39, 0.29) is 5.82 Å². The summed E-state index contributed by atoms with van der Waals surface area (Å²) in [5, 5.41) is 3.35. The van der Waals surface area contributed by atoms with Crippen LogP contribution in [0.25, 0.3) is 0 Å². The monoisotopic (exact) mass is 299 g/mol. The van der Waals surface area contributed by atoms with Gasteiger partial charge >= 0.3 is 0 Å². The number of benzene rings is 1. The normalized spacial score (nSPS) is 28.6. The molecule has 17 heavy (non-hydrogen) atoms. The zero-order valence-corrected chi connectivity index (χ0v) is 11.9. The van der Waals surface area contributed by atoms with Crippen LogP contribution in [0.1, 0.15) is 25.3 Å². The first-order valence-electron chi connectivity index (χ1n) is 6.23. The molecule has 1 aromatic rings. The summed E-state index contributed by atoms with van der Waals surface area (Å²) in [6.07, 6.45) is 3.25.